The number of hydrogen-bond acceptors (Lipinski definition) is 4. The lowest BCUT2D eigenvalue weighted by molar-refractivity contribution is -0.137. The second-order valence-corrected chi connectivity index (χ2v) is 8.96. The summed E-state index contributed by atoms with van der Waals surface area (Å²) >= 11 is 0. The van der Waals surface area contributed by atoms with Crippen molar-refractivity contribution in [1.29, 1.82) is 0 Å². The van der Waals surface area contributed by atoms with Gasteiger partial charge in [-0.2, -0.15) is 13.2 Å². The van der Waals surface area contributed by atoms with E-state index in [4.69, 9.17) is 9.72 Å². The van der Waals surface area contributed by atoms with Crippen molar-refractivity contribution in [2.24, 2.45) is 0 Å². The zero-order valence-electron chi connectivity index (χ0n) is 21.7. The highest BCUT2D eigenvalue weighted by Gasteiger charge is 2.30. The number of ether oxygens (including phenoxy) is 1. The fraction of sp³-hybridized carbons (Fsp3) is 0.167. The summed E-state index contributed by atoms with van der Waals surface area (Å²) in [5.41, 5.74) is 5.22. The fourth-order valence-electron chi connectivity index (χ4n) is 4.34. The van der Waals surface area contributed by atoms with Gasteiger partial charge < -0.3 is 10.1 Å². The third-order valence-corrected chi connectivity index (χ3v) is 6.29. The molecule has 6 nitrogen and oxygen atoms in total. The Balaban J connectivity index is 0.00000370. The lowest BCUT2D eigenvalue weighted by Gasteiger charge is -2.10. The SMILES string of the molecule is CCNC(=O)c1ccc(-c2c(C)nc3c(OCc4ccc(-c5ccc(C(F)(F)F)cc5)cc4)cccn23)cn1.Cl. The van der Waals surface area contributed by atoms with Crippen molar-refractivity contribution < 1.29 is 22.7 Å². The Bertz CT molecular complexity index is 1620. The van der Waals surface area contributed by atoms with Gasteiger partial charge in [-0.25, -0.2) is 4.98 Å². The molecule has 1 N–H and O–H groups in total. The van der Waals surface area contributed by atoms with Crippen LogP contribution < -0.4 is 10.1 Å². The molecule has 0 atom stereocenters. The second-order valence-electron chi connectivity index (χ2n) is 8.96. The number of carbonyl (C=O) groups excluding carboxylic acids is 1. The Labute approximate surface area is 235 Å². The number of benzene rings is 2. The molecule has 2 aromatic carbocycles. The van der Waals surface area contributed by atoms with Crippen molar-refractivity contribution in [2.45, 2.75) is 26.6 Å². The van der Waals surface area contributed by atoms with E-state index in [0.717, 1.165) is 40.2 Å². The number of nitrogens with one attached hydrogen (secondary N) is 1. The highest BCUT2D eigenvalue weighted by Crippen LogP contribution is 2.32. The molecule has 206 valence electrons. The molecule has 3 aromatic heterocycles. The van der Waals surface area contributed by atoms with E-state index in [2.05, 4.69) is 10.3 Å². The predicted molar refractivity (Wildman–Crippen MR) is 150 cm³/mol. The van der Waals surface area contributed by atoms with Crippen LogP contribution in [0.3, 0.4) is 0 Å². The fourth-order valence-corrected chi connectivity index (χ4v) is 4.34. The number of halogens is 4. The van der Waals surface area contributed by atoms with Crippen LogP contribution in [0.4, 0.5) is 13.2 Å². The number of pyridine rings is 2. The molecule has 0 spiro atoms. The summed E-state index contributed by atoms with van der Waals surface area (Å²) in [7, 11) is 0. The van der Waals surface area contributed by atoms with Crippen LogP contribution in [-0.2, 0) is 12.8 Å². The first-order valence-corrected chi connectivity index (χ1v) is 12.4. The van der Waals surface area contributed by atoms with Crippen molar-refractivity contribution in [3.8, 4) is 28.1 Å². The van der Waals surface area contributed by atoms with Crippen LogP contribution >= 0.6 is 12.4 Å². The highest BCUT2D eigenvalue weighted by atomic mass is 35.5. The minimum atomic E-state index is -4.36. The lowest BCUT2D eigenvalue weighted by Crippen LogP contribution is -2.23. The van der Waals surface area contributed by atoms with Crippen LogP contribution in [0.2, 0.25) is 0 Å². The molecular weight excluding hydrogens is 541 g/mol. The van der Waals surface area contributed by atoms with Gasteiger partial charge >= 0.3 is 6.18 Å². The number of carbonyl (C=O) groups is 1. The quantitative estimate of drug-likeness (QED) is 0.227. The Hall–Kier alpha value is -4.37. The third-order valence-electron chi connectivity index (χ3n) is 6.29. The van der Waals surface area contributed by atoms with Gasteiger partial charge in [-0.15, -0.1) is 12.4 Å². The normalized spacial score (nSPS) is 11.2. The summed E-state index contributed by atoms with van der Waals surface area (Å²) in [6.45, 7) is 4.58. The van der Waals surface area contributed by atoms with Crippen molar-refractivity contribution in [3.05, 3.63) is 108 Å². The molecule has 1 amide bonds. The molecule has 0 saturated heterocycles. The molecule has 0 aliphatic rings. The largest absolute Gasteiger partial charge is 0.485 e. The van der Waals surface area contributed by atoms with Crippen LogP contribution in [0, 0.1) is 6.92 Å². The summed E-state index contributed by atoms with van der Waals surface area (Å²) in [5, 5.41) is 2.74. The Morgan fingerprint density at radius 2 is 1.60 bits per heavy atom. The first-order chi connectivity index (χ1) is 18.7. The van der Waals surface area contributed by atoms with Gasteiger partial charge in [0.2, 0.25) is 0 Å². The number of nitrogens with zero attached hydrogens (tertiary/aromatic N) is 3. The van der Waals surface area contributed by atoms with Crippen LogP contribution in [0.1, 0.15) is 34.2 Å². The highest BCUT2D eigenvalue weighted by molar-refractivity contribution is 5.92. The number of imidazole rings is 1. The summed E-state index contributed by atoms with van der Waals surface area (Å²) in [5.74, 6) is 0.382. The van der Waals surface area contributed by atoms with Gasteiger partial charge in [0.15, 0.2) is 11.4 Å². The Morgan fingerprint density at radius 3 is 2.20 bits per heavy atom. The van der Waals surface area contributed by atoms with Gasteiger partial charge in [-0.3, -0.25) is 14.2 Å². The van der Waals surface area contributed by atoms with E-state index in [1.165, 1.54) is 12.1 Å². The molecule has 0 radical (unpaired) electrons. The first-order valence-electron chi connectivity index (χ1n) is 12.4. The van der Waals surface area contributed by atoms with E-state index in [0.29, 0.717) is 29.2 Å². The van der Waals surface area contributed by atoms with E-state index in [9.17, 15) is 18.0 Å². The monoisotopic (exact) mass is 566 g/mol. The van der Waals surface area contributed by atoms with E-state index < -0.39 is 11.7 Å². The molecule has 5 aromatic rings. The smallest absolute Gasteiger partial charge is 0.416 e. The molecule has 0 bridgehead atoms. The number of alkyl halides is 3. The molecular formula is C30H26ClF3N4O2. The van der Waals surface area contributed by atoms with Crippen molar-refractivity contribution in [1.82, 2.24) is 19.7 Å². The number of hydrogen-bond donors (Lipinski definition) is 1. The van der Waals surface area contributed by atoms with Gasteiger partial charge in [0.25, 0.3) is 5.91 Å². The van der Waals surface area contributed by atoms with Gasteiger partial charge in [0.05, 0.1) is 17.0 Å². The number of rotatable bonds is 7. The van der Waals surface area contributed by atoms with E-state index in [1.54, 1.807) is 12.3 Å². The maximum atomic E-state index is 12.8. The van der Waals surface area contributed by atoms with E-state index in [1.807, 2.05) is 66.9 Å². The van der Waals surface area contributed by atoms with Crippen LogP contribution in [0.5, 0.6) is 5.75 Å². The number of aryl methyl sites for hydroxylation is 1. The van der Waals surface area contributed by atoms with Crippen molar-refractivity contribution in [2.75, 3.05) is 6.54 Å². The average Bonchev–Trinajstić information content (AvgIpc) is 3.28. The number of aromatic nitrogens is 3. The minimum Gasteiger partial charge on any atom is -0.485 e. The van der Waals surface area contributed by atoms with Crippen LogP contribution in [-0.4, -0.2) is 26.8 Å². The zero-order valence-corrected chi connectivity index (χ0v) is 22.5. The average molecular weight is 567 g/mol. The van der Waals surface area contributed by atoms with E-state index >= 15 is 0 Å². The van der Waals surface area contributed by atoms with Crippen LogP contribution in [0.15, 0.2) is 85.2 Å². The standard InChI is InChI=1S/C30H25F3N4O2.ClH/c1-3-34-29(38)25-15-12-23(17-35-25)27-19(2)36-28-26(5-4-16-37(27)28)39-18-20-6-8-21(9-7-20)22-10-13-24(14-11-22)30(31,32)33;/h4-17H,3,18H2,1-2H3,(H,34,38);1H. The summed E-state index contributed by atoms with van der Waals surface area (Å²) in [4.78, 5) is 21.1. The minimum absolute atomic E-state index is 0. The van der Waals surface area contributed by atoms with Gasteiger partial charge in [0.1, 0.15) is 12.3 Å². The second kappa shape index (κ2) is 11.8. The number of fused-ring (bicyclic) bond motifs is 1. The Kier molecular flexibility index (Phi) is 8.44. The predicted octanol–water partition coefficient (Wildman–Crippen LogP) is 7.14. The number of amides is 1. The molecule has 10 heteroatoms. The molecule has 3 heterocycles. The molecule has 0 unspecified atom stereocenters. The Morgan fingerprint density at radius 1 is 0.950 bits per heavy atom. The first kappa shape index (κ1) is 28.6. The molecule has 0 saturated carbocycles. The summed E-state index contributed by atoms with van der Waals surface area (Å²) in [6.07, 6.45) is -0.800. The lowest BCUT2D eigenvalue weighted by atomic mass is 10.0. The molecule has 0 fully saturated rings. The molecule has 0 aliphatic heterocycles. The molecule has 5 rings (SSSR count). The van der Waals surface area contributed by atoms with Crippen molar-refractivity contribution in [3.63, 3.8) is 0 Å². The van der Waals surface area contributed by atoms with Gasteiger partial charge in [0, 0.05) is 24.5 Å². The summed E-state index contributed by atoms with van der Waals surface area (Å²) < 4.78 is 46.5. The molecule has 0 aliphatic carbocycles. The molecule has 40 heavy (non-hydrogen) atoms. The maximum Gasteiger partial charge on any atom is 0.416 e. The summed E-state index contributed by atoms with van der Waals surface area (Å²) in [6, 6.07) is 19.8. The maximum absolute atomic E-state index is 12.8. The third kappa shape index (κ3) is 5.94. The zero-order chi connectivity index (χ0) is 27.6. The topological polar surface area (TPSA) is 68.5 Å². The van der Waals surface area contributed by atoms with E-state index in [-0.39, 0.29) is 24.9 Å². The van der Waals surface area contributed by atoms with Gasteiger partial charge in [-0.1, -0.05) is 36.4 Å². The van der Waals surface area contributed by atoms with Crippen molar-refractivity contribution >= 4 is 24.0 Å². The van der Waals surface area contributed by atoms with Gasteiger partial charge in [-0.05, 0) is 66.9 Å². The van der Waals surface area contributed by atoms with Crippen LogP contribution in [0.25, 0.3) is 28.0 Å².